The van der Waals surface area contributed by atoms with Crippen LogP contribution in [-0.4, -0.2) is 22.6 Å². The lowest BCUT2D eigenvalue weighted by Gasteiger charge is -2.10. The quantitative estimate of drug-likeness (QED) is 0.918. The van der Waals surface area contributed by atoms with Crippen molar-refractivity contribution in [2.45, 2.75) is 38.5 Å². The first kappa shape index (κ1) is 12.5. The zero-order valence-electron chi connectivity index (χ0n) is 10.4. The molecule has 0 amide bonds. The molecular formula is C14H14O4S. The summed E-state index contributed by atoms with van der Waals surface area (Å²) in [6, 6.07) is 0. The average Bonchev–Trinajstić information content (AvgIpc) is 3.12. The van der Waals surface area contributed by atoms with Crippen molar-refractivity contribution in [1.29, 1.82) is 0 Å². The Labute approximate surface area is 114 Å². The van der Waals surface area contributed by atoms with E-state index in [1.165, 1.54) is 11.3 Å². The van der Waals surface area contributed by atoms with E-state index in [9.17, 15) is 19.5 Å². The first-order valence-electron chi connectivity index (χ1n) is 6.51. The second kappa shape index (κ2) is 4.56. The van der Waals surface area contributed by atoms with E-state index < -0.39 is 5.97 Å². The number of ketones is 2. The predicted octanol–water partition coefficient (Wildman–Crippen LogP) is 2.49. The Bertz CT molecular complexity index is 581. The van der Waals surface area contributed by atoms with Crippen molar-refractivity contribution in [3.8, 4) is 0 Å². The fraction of sp³-hybridized carbons (Fsp3) is 0.500. The van der Waals surface area contributed by atoms with Crippen LogP contribution >= 0.6 is 11.3 Å². The van der Waals surface area contributed by atoms with Gasteiger partial charge in [-0.3, -0.25) is 9.59 Å². The van der Waals surface area contributed by atoms with Crippen LogP contribution in [0.4, 0.5) is 0 Å². The van der Waals surface area contributed by atoms with Crippen LogP contribution < -0.4 is 0 Å². The van der Waals surface area contributed by atoms with Crippen molar-refractivity contribution in [3.05, 3.63) is 20.9 Å². The van der Waals surface area contributed by atoms with E-state index in [0.29, 0.717) is 34.6 Å². The maximum atomic E-state index is 11.9. The first-order valence-corrected chi connectivity index (χ1v) is 7.33. The van der Waals surface area contributed by atoms with Crippen LogP contribution in [0.1, 0.15) is 56.2 Å². The molecule has 0 saturated heterocycles. The molecule has 5 heteroatoms. The van der Waals surface area contributed by atoms with Gasteiger partial charge in [-0.2, -0.15) is 0 Å². The molecule has 100 valence electrons. The van der Waals surface area contributed by atoms with Gasteiger partial charge < -0.3 is 5.11 Å². The van der Waals surface area contributed by atoms with Gasteiger partial charge in [0.1, 0.15) is 5.78 Å². The summed E-state index contributed by atoms with van der Waals surface area (Å²) in [7, 11) is 0. The molecule has 0 aliphatic heterocycles. The Balaban J connectivity index is 2.00. The molecule has 0 unspecified atom stereocenters. The number of aromatic carboxylic acids is 1. The highest BCUT2D eigenvalue weighted by Gasteiger charge is 2.33. The van der Waals surface area contributed by atoms with Crippen LogP contribution in [0.3, 0.4) is 0 Å². The molecule has 0 spiro atoms. The van der Waals surface area contributed by atoms with E-state index in [0.717, 1.165) is 12.8 Å². The predicted molar refractivity (Wildman–Crippen MR) is 70.0 cm³/mol. The summed E-state index contributed by atoms with van der Waals surface area (Å²) >= 11 is 1.22. The molecule has 1 aromatic rings. The Kier molecular flexibility index (Phi) is 3.01. The Morgan fingerprint density at radius 1 is 1.26 bits per heavy atom. The summed E-state index contributed by atoms with van der Waals surface area (Å²) in [5.41, 5.74) is 0.884. The Morgan fingerprint density at radius 3 is 2.63 bits per heavy atom. The zero-order valence-corrected chi connectivity index (χ0v) is 11.2. The SMILES string of the molecule is O=C1CCCc2c1sc(CC(=O)C1CC1)c2C(=O)O. The third-order valence-electron chi connectivity index (χ3n) is 3.75. The van der Waals surface area contributed by atoms with Crippen molar-refractivity contribution in [2.24, 2.45) is 5.92 Å². The number of hydrogen-bond acceptors (Lipinski definition) is 4. The van der Waals surface area contributed by atoms with Gasteiger partial charge in [-0.25, -0.2) is 4.79 Å². The number of fused-ring (bicyclic) bond motifs is 1. The van der Waals surface area contributed by atoms with Crippen molar-refractivity contribution in [2.75, 3.05) is 0 Å². The van der Waals surface area contributed by atoms with E-state index in [1.54, 1.807) is 0 Å². The molecule has 2 aliphatic rings. The molecule has 1 N–H and O–H groups in total. The van der Waals surface area contributed by atoms with Gasteiger partial charge in [0.05, 0.1) is 10.4 Å². The van der Waals surface area contributed by atoms with Crippen molar-refractivity contribution < 1.29 is 19.5 Å². The molecule has 0 aromatic carbocycles. The molecule has 1 saturated carbocycles. The van der Waals surface area contributed by atoms with Gasteiger partial charge in [-0.15, -0.1) is 11.3 Å². The molecule has 0 atom stereocenters. The minimum Gasteiger partial charge on any atom is -0.478 e. The average molecular weight is 278 g/mol. The fourth-order valence-electron chi connectivity index (χ4n) is 2.60. The monoisotopic (exact) mass is 278 g/mol. The van der Waals surface area contributed by atoms with E-state index in [-0.39, 0.29) is 29.5 Å². The smallest absolute Gasteiger partial charge is 0.337 e. The molecular weight excluding hydrogens is 264 g/mol. The highest BCUT2D eigenvalue weighted by molar-refractivity contribution is 7.14. The summed E-state index contributed by atoms with van der Waals surface area (Å²) in [6.07, 6.45) is 3.85. The van der Waals surface area contributed by atoms with Crippen LogP contribution in [0.5, 0.6) is 0 Å². The van der Waals surface area contributed by atoms with E-state index >= 15 is 0 Å². The lowest BCUT2D eigenvalue weighted by atomic mass is 9.93. The number of carbonyl (C=O) groups excluding carboxylic acids is 2. The third-order valence-corrected chi connectivity index (χ3v) is 5.02. The summed E-state index contributed by atoms with van der Waals surface area (Å²) in [6.45, 7) is 0. The van der Waals surface area contributed by atoms with Gasteiger partial charge in [0.15, 0.2) is 5.78 Å². The van der Waals surface area contributed by atoms with Crippen molar-refractivity contribution >= 4 is 28.9 Å². The van der Waals surface area contributed by atoms with Gasteiger partial charge in [-0.05, 0) is 31.2 Å². The largest absolute Gasteiger partial charge is 0.478 e. The summed E-state index contributed by atoms with van der Waals surface area (Å²) in [5, 5.41) is 9.35. The zero-order chi connectivity index (χ0) is 13.6. The first-order chi connectivity index (χ1) is 9.08. The summed E-state index contributed by atoms with van der Waals surface area (Å²) in [5.74, 6) is -0.741. The van der Waals surface area contributed by atoms with Gasteiger partial charge in [0.25, 0.3) is 0 Å². The molecule has 4 nitrogen and oxygen atoms in total. The maximum Gasteiger partial charge on any atom is 0.337 e. The van der Waals surface area contributed by atoms with Crippen LogP contribution in [0.15, 0.2) is 0 Å². The second-order valence-electron chi connectivity index (χ2n) is 5.21. The number of Topliss-reactive ketones (excluding diaryl/α,β-unsaturated/α-hetero) is 2. The van der Waals surface area contributed by atoms with E-state index in [1.807, 2.05) is 0 Å². The van der Waals surface area contributed by atoms with Crippen molar-refractivity contribution in [1.82, 2.24) is 0 Å². The molecule has 1 aromatic heterocycles. The van der Waals surface area contributed by atoms with Crippen LogP contribution in [-0.2, 0) is 17.6 Å². The van der Waals surface area contributed by atoms with E-state index in [4.69, 9.17) is 0 Å². The topological polar surface area (TPSA) is 71.4 Å². The Morgan fingerprint density at radius 2 is 2.00 bits per heavy atom. The number of carboxylic acid groups (broad SMARTS) is 1. The van der Waals surface area contributed by atoms with Crippen LogP contribution in [0.25, 0.3) is 0 Å². The van der Waals surface area contributed by atoms with Crippen molar-refractivity contribution in [3.63, 3.8) is 0 Å². The van der Waals surface area contributed by atoms with Gasteiger partial charge >= 0.3 is 5.97 Å². The third kappa shape index (κ3) is 2.23. The lowest BCUT2D eigenvalue weighted by molar-refractivity contribution is -0.119. The molecule has 19 heavy (non-hydrogen) atoms. The molecule has 1 fully saturated rings. The minimum atomic E-state index is -1.01. The second-order valence-corrected chi connectivity index (χ2v) is 6.31. The highest BCUT2D eigenvalue weighted by atomic mass is 32.1. The fourth-order valence-corrected chi connectivity index (χ4v) is 3.92. The Hall–Kier alpha value is -1.49. The normalized spacial score (nSPS) is 18.2. The molecule has 2 aliphatic carbocycles. The summed E-state index contributed by atoms with van der Waals surface area (Å²) < 4.78 is 0. The number of carboxylic acids is 1. The molecule has 3 rings (SSSR count). The van der Waals surface area contributed by atoms with E-state index in [2.05, 4.69) is 0 Å². The number of thiophene rings is 1. The van der Waals surface area contributed by atoms with Gasteiger partial charge in [0.2, 0.25) is 0 Å². The van der Waals surface area contributed by atoms with Gasteiger partial charge in [0, 0.05) is 23.6 Å². The number of carbonyl (C=O) groups is 3. The lowest BCUT2D eigenvalue weighted by Crippen LogP contribution is -2.12. The number of hydrogen-bond donors (Lipinski definition) is 1. The number of rotatable bonds is 4. The minimum absolute atomic E-state index is 0.0267. The van der Waals surface area contributed by atoms with Crippen LogP contribution in [0.2, 0.25) is 0 Å². The maximum absolute atomic E-state index is 11.9. The van der Waals surface area contributed by atoms with Gasteiger partial charge in [-0.1, -0.05) is 0 Å². The van der Waals surface area contributed by atoms with Crippen LogP contribution in [0, 0.1) is 5.92 Å². The molecule has 0 radical (unpaired) electrons. The summed E-state index contributed by atoms with van der Waals surface area (Å²) in [4.78, 5) is 36.3. The highest BCUT2D eigenvalue weighted by Crippen LogP contribution is 2.37. The molecule has 1 heterocycles. The standard InChI is InChI=1S/C14H14O4S/c15-9-3-1-2-8-12(14(17)18)11(19-13(8)9)6-10(16)7-4-5-7/h7H,1-6H2,(H,17,18). The molecule has 0 bridgehead atoms.